The molecular formula is C14H8F3N3OS. The number of aromatic amines is 1. The van der Waals surface area contributed by atoms with Crippen LogP contribution in [0.25, 0.3) is 11.4 Å². The van der Waals surface area contributed by atoms with Crippen molar-refractivity contribution in [2.75, 3.05) is 5.32 Å². The average Bonchev–Trinajstić information content (AvgIpc) is 3.14. The van der Waals surface area contributed by atoms with Crippen LogP contribution < -0.4 is 5.32 Å². The average molecular weight is 323 g/mol. The molecule has 0 saturated carbocycles. The number of halogens is 3. The largest absolute Gasteiger partial charge is 0.360 e. The maximum absolute atomic E-state index is 13.5. The lowest BCUT2D eigenvalue weighted by molar-refractivity contribution is 0.101. The summed E-state index contributed by atoms with van der Waals surface area (Å²) < 4.78 is 40.2. The summed E-state index contributed by atoms with van der Waals surface area (Å²) in [6.45, 7) is 0. The number of carbonyl (C=O) groups is 1. The highest BCUT2D eigenvalue weighted by Crippen LogP contribution is 2.24. The van der Waals surface area contributed by atoms with Gasteiger partial charge < -0.3 is 4.98 Å². The summed E-state index contributed by atoms with van der Waals surface area (Å²) in [7, 11) is 0. The fourth-order valence-corrected chi connectivity index (χ4v) is 2.54. The van der Waals surface area contributed by atoms with E-state index in [0.717, 1.165) is 17.0 Å². The Kier molecular flexibility index (Phi) is 3.68. The van der Waals surface area contributed by atoms with Crippen molar-refractivity contribution >= 4 is 22.4 Å². The standard InChI is InChI=1S/C14H8F3N3OS/c15-7-3-4-8(16)12(17)11(7)13(21)20-14-19-10(6-22-14)9-2-1-5-18-9/h1-6,18H,(H,19,20,21). The van der Waals surface area contributed by atoms with Gasteiger partial charge >= 0.3 is 0 Å². The number of nitrogens with zero attached hydrogens (tertiary/aromatic N) is 1. The first-order valence-electron chi connectivity index (χ1n) is 6.10. The van der Waals surface area contributed by atoms with E-state index in [9.17, 15) is 18.0 Å². The maximum Gasteiger partial charge on any atom is 0.263 e. The fourth-order valence-electron chi connectivity index (χ4n) is 1.84. The summed E-state index contributed by atoms with van der Waals surface area (Å²) in [5, 5.41) is 4.07. The van der Waals surface area contributed by atoms with Crippen molar-refractivity contribution in [1.29, 1.82) is 0 Å². The molecule has 0 aliphatic rings. The van der Waals surface area contributed by atoms with Crippen molar-refractivity contribution < 1.29 is 18.0 Å². The maximum atomic E-state index is 13.5. The van der Waals surface area contributed by atoms with E-state index in [1.807, 2.05) is 0 Å². The number of H-pyrrole nitrogens is 1. The van der Waals surface area contributed by atoms with E-state index >= 15 is 0 Å². The molecule has 0 atom stereocenters. The molecule has 0 saturated heterocycles. The minimum absolute atomic E-state index is 0.151. The van der Waals surface area contributed by atoms with Gasteiger partial charge in [0.25, 0.3) is 5.91 Å². The minimum atomic E-state index is -1.53. The predicted molar refractivity (Wildman–Crippen MR) is 76.2 cm³/mol. The molecule has 0 bridgehead atoms. The van der Waals surface area contributed by atoms with Crippen LogP contribution in [0, 0.1) is 17.5 Å². The lowest BCUT2D eigenvalue weighted by Crippen LogP contribution is -2.16. The van der Waals surface area contributed by atoms with Crippen LogP contribution in [0.15, 0.2) is 35.8 Å². The Balaban J connectivity index is 1.85. The number of benzene rings is 1. The molecule has 1 amide bonds. The topological polar surface area (TPSA) is 57.8 Å². The molecule has 112 valence electrons. The van der Waals surface area contributed by atoms with Gasteiger partial charge in [-0.1, -0.05) is 0 Å². The smallest absolute Gasteiger partial charge is 0.263 e. The number of hydrogen-bond acceptors (Lipinski definition) is 3. The van der Waals surface area contributed by atoms with Crippen molar-refractivity contribution in [2.24, 2.45) is 0 Å². The second-order valence-electron chi connectivity index (χ2n) is 4.29. The Morgan fingerprint density at radius 3 is 2.68 bits per heavy atom. The van der Waals surface area contributed by atoms with E-state index in [1.165, 1.54) is 0 Å². The van der Waals surface area contributed by atoms with E-state index in [2.05, 4.69) is 15.3 Å². The minimum Gasteiger partial charge on any atom is -0.360 e. The van der Waals surface area contributed by atoms with Crippen LogP contribution in [0.3, 0.4) is 0 Å². The van der Waals surface area contributed by atoms with Gasteiger partial charge in [-0.25, -0.2) is 18.2 Å². The third-order valence-corrected chi connectivity index (χ3v) is 3.63. The normalized spacial score (nSPS) is 10.7. The van der Waals surface area contributed by atoms with Crippen molar-refractivity contribution in [2.45, 2.75) is 0 Å². The number of hydrogen-bond donors (Lipinski definition) is 2. The highest BCUT2D eigenvalue weighted by atomic mass is 32.1. The van der Waals surface area contributed by atoms with E-state index in [1.54, 1.807) is 23.7 Å². The summed E-state index contributed by atoms with van der Waals surface area (Å²) in [4.78, 5) is 19.0. The molecule has 2 N–H and O–H groups in total. The number of anilines is 1. The Morgan fingerprint density at radius 1 is 1.18 bits per heavy atom. The van der Waals surface area contributed by atoms with Gasteiger partial charge in [0.2, 0.25) is 0 Å². The molecule has 0 aliphatic carbocycles. The Labute approximate surface area is 126 Å². The molecule has 1 aromatic carbocycles. The van der Waals surface area contributed by atoms with Crippen molar-refractivity contribution in [3.05, 3.63) is 58.9 Å². The van der Waals surface area contributed by atoms with Gasteiger partial charge in [0.15, 0.2) is 16.8 Å². The van der Waals surface area contributed by atoms with Crippen LogP contribution in [0.4, 0.5) is 18.3 Å². The molecule has 2 heterocycles. The molecular weight excluding hydrogens is 315 g/mol. The first-order chi connectivity index (χ1) is 10.6. The molecule has 0 unspecified atom stereocenters. The first kappa shape index (κ1) is 14.3. The third kappa shape index (κ3) is 2.60. The van der Waals surface area contributed by atoms with E-state index in [-0.39, 0.29) is 5.13 Å². The number of aromatic nitrogens is 2. The zero-order valence-corrected chi connectivity index (χ0v) is 11.7. The van der Waals surface area contributed by atoms with E-state index in [4.69, 9.17) is 0 Å². The molecule has 3 aromatic rings. The van der Waals surface area contributed by atoms with Crippen LogP contribution >= 0.6 is 11.3 Å². The number of rotatable bonds is 3. The third-order valence-electron chi connectivity index (χ3n) is 2.87. The molecule has 3 rings (SSSR count). The molecule has 4 nitrogen and oxygen atoms in total. The van der Waals surface area contributed by atoms with Gasteiger partial charge in [-0.05, 0) is 24.3 Å². The quantitative estimate of drug-likeness (QED) is 0.720. The van der Waals surface area contributed by atoms with Crippen molar-refractivity contribution in [3.63, 3.8) is 0 Å². The van der Waals surface area contributed by atoms with Crippen LogP contribution in [0.5, 0.6) is 0 Å². The first-order valence-corrected chi connectivity index (χ1v) is 6.98. The zero-order valence-electron chi connectivity index (χ0n) is 10.9. The molecule has 22 heavy (non-hydrogen) atoms. The SMILES string of the molecule is O=C(Nc1nc(-c2ccc[nH]2)cs1)c1c(F)ccc(F)c1F. The van der Waals surface area contributed by atoms with E-state index < -0.39 is 28.9 Å². The number of amides is 1. The van der Waals surface area contributed by atoms with Crippen LogP contribution in [0.1, 0.15) is 10.4 Å². The summed E-state index contributed by atoms with van der Waals surface area (Å²) in [6.07, 6.45) is 1.71. The summed E-state index contributed by atoms with van der Waals surface area (Å²) in [5.74, 6) is -5.06. The Hall–Kier alpha value is -2.61. The molecule has 0 spiro atoms. The lowest BCUT2D eigenvalue weighted by Gasteiger charge is -2.05. The van der Waals surface area contributed by atoms with Crippen LogP contribution in [-0.2, 0) is 0 Å². The second kappa shape index (κ2) is 5.64. The Morgan fingerprint density at radius 2 is 1.95 bits per heavy atom. The van der Waals surface area contributed by atoms with Crippen molar-refractivity contribution in [3.8, 4) is 11.4 Å². The van der Waals surface area contributed by atoms with Gasteiger partial charge in [-0.15, -0.1) is 11.3 Å². The fraction of sp³-hybridized carbons (Fsp3) is 0. The van der Waals surface area contributed by atoms with Gasteiger partial charge in [-0.3, -0.25) is 10.1 Å². The second-order valence-corrected chi connectivity index (χ2v) is 5.15. The highest BCUT2D eigenvalue weighted by Gasteiger charge is 2.21. The lowest BCUT2D eigenvalue weighted by atomic mass is 10.2. The molecule has 0 radical (unpaired) electrons. The highest BCUT2D eigenvalue weighted by molar-refractivity contribution is 7.14. The van der Waals surface area contributed by atoms with Gasteiger partial charge in [0.1, 0.15) is 11.4 Å². The molecule has 0 aliphatic heterocycles. The van der Waals surface area contributed by atoms with Crippen molar-refractivity contribution in [1.82, 2.24) is 9.97 Å². The predicted octanol–water partition coefficient (Wildman–Crippen LogP) is 3.81. The zero-order chi connectivity index (χ0) is 15.7. The van der Waals surface area contributed by atoms with E-state index in [0.29, 0.717) is 17.8 Å². The number of thiazole rings is 1. The molecule has 0 fully saturated rings. The number of carbonyl (C=O) groups excluding carboxylic acids is 1. The van der Waals surface area contributed by atoms with Gasteiger partial charge in [0.05, 0.1) is 11.4 Å². The summed E-state index contributed by atoms with van der Waals surface area (Å²) >= 11 is 1.08. The Bertz CT molecular complexity index is 830. The van der Waals surface area contributed by atoms with Gasteiger partial charge in [-0.2, -0.15) is 0 Å². The molecule has 2 aromatic heterocycles. The molecule has 8 heteroatoms. The van der Waals surface area contributed by atoms with Gasteiger partial charge in [0, 0.05) is 11.6 Å². The monoisotopic (exact) mass is 323 g/mol. The van der Waals surface area contributed by atoms with Crippen LogP contribution in [0.2, 0.25) is 0 Å². The van der Waals surface area contributed by atoms with Crippen LogP contribution in [-0.4, -0.2) is 15.9 Å². The number of nitrogens with one attached hydrogen (secondary N) is 2. The summed E-state index contributed by atoms with van der Waals surface area (Å²) in [6, 6.07) is 4.88. The summed E-state index contributed by atoms with van der Waals surface area (Å²) in [5.41, 5.74) is 0.335.